The second-order valence-corrected chi connectivity index (χ2v) is 10.7. The standard InChI is InChI=1S/C30H25N3O2S2/c1-35-22-15-13-20(14-16-22)26-18-25(27-12-7-17-36-27)32-33(26)28(34)19-37-30-23-10-5-6-11-24(23)31-29(30)21-8-3-2-4-9-21/h2-17,26,31H,18-19H2,1H3. The van der Waals surface area contributed by atoms with Gasteiger partial charge in [0.15, 0.2) is 0 Å². The molecular weight excluding hydrogens is 498 g/mol. The molecule has 0 radical (unpaired) electrons. The maximum absolute atomic E-state index is 13.7. The van der Waals surface area contributed by atoms with E-state index in [9.17, 15) is 4.79 Å². The highest BCUT2D eigenvalue weighted by Gasteiger charge is 2.33. The van der Waals surface area contributed by atoms with Gasteiger partial charge in [-0.3, -0.25) is 4.79 Å². The molecule has 1 aliphatic heterocycles. The van der Waals surface area contributed by atoms with Crippen molar-refractivity contribution < 1.29 is 9.53 Å². The van der Waals surface area contributed by atoms with Crippen LogP contribution in [0.3, 0.4) is 0 Å². The molecule has 2 aromatic heterocycles. The highest BCUT2D eigenvalue weighted by atomic mass is 32.2. The number of benzene rings is 3. The molecule has 0 spiro atoms. The summed E-state index contributed by atoms with van der Waals surface area (Å²) in [5.74, 6) is 1.07. The van der Waals surface area contributed by atoms with Crippen LogP contribution in [0.25, 0.3) is 22.2 Å². The highest BCUT2D eigenvalue weighted by molar-refractivity contribution is 8.00. The molecule has 5 nitrogen and oxygen atoms in total. The van der Waals surface area contributed by atoms with Crippen LogP contribution >= 0.6 is 23.1 Å². The summed E-state index contributed by atoms with van der Waals surface area (Å²) in [6, 6.07) is 30.4. The van der Waals surface area contributed by atoms with Crippen LogP contribution in [0.2, 0.25) is 0 Å². The Labute approximate surface area is 223 Å². The Hall–Kier alpha value is -3.81. The topological polar surface area (TPSA) is 57.7 Å². The second kappa shape index (κ2) is 10.3. The minimum atomic E-state index is -0.146. The van der Waals surface area contributed by atoms with Crippen LogP contribution in [0, 0.1) is 0 Å². The number of carbonyl (C=O) groups excluding carboxylic acids is 1. The Morgan fingerprint density at radius 1 is 1.03 bits per heavy atom. The second-order valence-electron chi connectivity index (χ2n) is 8.78. The molecule has 7 heteroatoms. The third-order valence-corrected chi connectivity index (χ3v) is 8.56. The van der Waals surface area contributed by atoms with E-state index in [-0.39, 0.29) is 17.7 Å². The number of ether oxygens (including phenoxy) is 1. The van der Waals surface area contributed by atoms with Crippen molar-refractivity contribution in [1.29, 1.82) is 0 Å². The van der Waals surface area contributed by atoms with Gasteiger partial charge >= 0.3 is 0 Å². The maximum Gasteiger partial charge on any atom is 0.253 e. The molecule has 1 atom stereocenters. The number of carbonyl (C=O) groups is 1. The summed E-state index contributed by atoms with van der Waals surface area (Å²) in [5, 5.41) is 9.68. The number of hydrogen-bond acceptors (Lipinski definition) is 5. The Morgan fingerprint density at radius 3 is 2.57 bits per heavy atom. The van der Waals surface area contributed by atoms with Gasteiger partial charge in [0, 0.05) is 22.2 Å². The van der Waals surface area contributed by atoms with Crippen LogP contribution in [0.1, 0.15) is 22.9 Å². The van der Waals surface area contributed by atoms with Gasteiger partial charge in [-0.1, -0.05) is 66.7 Å². The SMILES string of the molecule is COc1ccc(C2CC(c3cccs3)=NN2C(=O)CSc2c(-c3ccccc3)[nH]c3ccccc23)cc1. The lowest BCUT2D eigenvalue weighted by molar-refractivity contribution is -0.130. The molecule has 184 valence electrons. The first-order valence-electron chi connectivity index (χ1n) is 12.1. The fourth-order valence-corrected chi connectivity index (χ4v) is 6.46. The number of fused-ring (bicyclic) bond motifs is 1. The monoisotopic (exact) mass is 523 g/mol. The molecule has 0 aliphatic carbocycles. The van der Waals surface area contributed by atoms with E-state index >= 15 is 0 Å². The first-order chi connectivity index (χ1) is 18.2. The predicted octanol–water partition coefficient (Wildman–Crippen LogP) is 7.38. The van der Waals surface area contributed by atoms with Gasteiger partial charge < -0.3 is 9.72 Å². The van der Waals surface area contributed by atoms with Crippen LogP contribution in [-0.4, -0.2) is 34.5 Å². The minimum Gasteiger partial charge on any atom is -0.497 e. The summed E-state index contributed by atoms with van der Waals surface area (Å²) in [6.07, 6.45) is 0.686. The molecular formula is C30H25N3O2S2. The molecule has 3 heterocycles. The van der Waals surface area contributed by atoms with Crippen LogP contribution < -0.4 is 4.74 Å². The molecule has 0 saturated carbocycles. The first-order valence-corrected chi connectivity index (χ1v) is 13.9. The molecule has 3 aromatic carbocycles. The number of thioether (sulfide) groups is 1. The molecule has 0 saturated heterocycles. The van der Waals surface area contributed by atoms with Gasteiger partial charge in [-0.2, -0.15) is 5.10 Å². The van der Waals surface area contributed by atoms with Crippen molar-refractivity contribution in [3.05, 3.63) is 107 Å². The zero-order chi connectivity index (χ0) is 25.2. The average Bonchev–Trinajstić information content (AvgIpc) is 3.71. The van der Waals surface area contributed by atoms with Crippen molar-refractivity contribution in [2.75, 3.05) is 12.9 Å². The fraction of sp³-hybridized carbons (Fsp3) is 0.133. The predicted molar refractivity (Wildman–Crippen MR) is 153 cm³/mol. The van der Waals surface area contributed by atoms with Crippen molar-refractivity contribution in [2.24, 2.45) is 5.10 Å². The molecule has 0 fully saturated rings. The Balaban J connectivity index is 1.30. The first kappa shape index (κ1) is 23.6. The quantitative estimate of drug-likeness (QED) is 0.227. The minimum absolute atomic E-state index is 0.0123. The molecule has 1 N–H and O–H groups in total. The van der Waals surface area contributed by atoms with Crippen molar-refractivity contribution in [2.45, 2.75) is 17.4 Å². The third kappa shape index (κ3) is 4.68. The van der Waals surface area contributed by atoms with Gasteiger partial charge in [0.05, 0.1) is 35.2 Å². The van der Waals surface area contributed by atoms with E-state index < -0.39 is 0 Å². The Kier molecular flexibility index (Phi) is 6.55. The lowest BCUT2D eigenvalue weighted by Crippen LogP contribution is -2.28. The number of hydrogen-bond donors (Lipinski definition) is 1. The summed E-state index contributed by atoms with van der Waals surface area (Å²) in [7, 11) is 1.66. The number of thiophene rings is 1. The van der Waals surface area contributed by atoms with E-state index in [1.165, 1.54) is 0 Å². The van der Waals surface area contributed by atoms with E-state index in [4.69, 9.17) is 9.84 Å². The van der Waals surface area contributed by atoms with Gasteiger partial charge in [0.25, 0.3) is 5.91 Å². The molecule has 1 aliphatic rings. The number of hydrazone groups is 1. The molecule has 6 rings (SSSR count). The molecule has 0 bridgehead atoms. The number of amides is 1. The van der Waals surface area contributed by atoms with Gasteiger partial charge in [-0.05, 0) is 40.8 Å². The zero-order valence-electron chi connectivity index (χ0n) is 20.3. The van der Waals surface area contributed by atoms with Crippen LogP contribution in [0.15, 0.2) is 106 Å². The number of aromatic amines is 1. The summed E-state index contributed by atoms with van der Waals surface area (Å²) in [4.78, 5) is 19.5. The normalized spacial score (nSPS) is 15.2. The number of rotatable bonds is 7. The molecule has 5 aromatic rings. The number of aromatic nitrogens is 1. The summed E-state index contributed by atoms with van der Waals surface area (Å²) < 4.78 is 5.34. The smallest absolute Gasteiger partial charge is 0.253 e. The number of nitrogens with one attached hydrogen (secondary N) is 1. The summed E-state index contributed by atoms with van der Waals surface area (Å²) >= 11 is 3.22. The maximum atomic E-state index is 13.7. The Bertz CT molecular complexity index is 1560. The summed E-state index contributed by atoms with van der Waals surface area (Å²) in [6.45, 7) is 0. The van der Waals surface area contributed by atoms with Crippen LogP contribution in [0.5, 0.6) is 5.75 Å². The van der Waals surface area contributed by atoms with E-state index in [0.29, 0.717) is 6.42 Å². The molecule has 1 unspecified atom stereocenters. The van der Waals surface area contributed by atoms with E-state index in [1.54, 1.807) is 35.2 Å². The van der Waals surface area contributed by atoms with Crippen LogP contribution in [-0.2, 0) is 4.79 Å². The van der Waals surface area contributed by atoms with Gasteiger partial charge in [-0.25, -0.2) is 5.01 Å². The van der Waals surface area contributed by atoms with Gasteiger partial charge in [0.1, 0.15) is 5.75 Å². The zero-order valence-corrected chi connectivity index (χ0v) is 21.9. The van der Waals surface area contributed by atoms with Crippen molar-refractivity contribution >= 4 is 45.6 Å². The molecule has 37 heavy (non-hydrogen) atoms. The lowest BCUT2D eigenvalue weighted by Gasteiger charge is -2.22. The molecule has 1 amide bonds. The third-order valence-electron chi connectivity index (χ3n) is 6.53. The number of para-hydroxylation sites is 1. The van der Waals surface area contributed by atoms with Gasteiger partial charge in [-0.15, -0.1) is 23.1 Å². The van der Waals surface area contributed by atoms with Crippen LogP contribution in [0.4, 0.5) is 0 Å². The Morgan fingerprint density at radius 2 is 1.81 bits per heavy atom. The summed E-state index contributed by atoms with van der Waals surface area (Å²) in [5.41, 5.74) is 5.20. The lowest BCUT2D eigenvalue weighted by atomic mass is 10.0. The van der Waals surface area contributed by atoms with E-state index in [0.717, 1.165) is 49.0 Å². The fourth-order valence-electron chi connectivity index (χ4n) is 4.69. The van der Waals surface area contributed by atoms with Crippen molar-refractivity contribution in [3.63, 3.8) is 0 Å². The number of methoxy groups -OCH3 is 1. The number of H-pyrrole nitrogens is 1. The van der Waals surface area contributed by atoms with E-state index in [1.807, 2.05) is 66.0 Å². The van der Waals surface area contributed by atoms with Crippen molar-refractivity contribution in [3.8, 4) is 17.0 Å². The van der Waals surface area contributed by atoms with Gasteiger partial charge in [0.2, 0.25) is 0 Å². The van der Waals surface area contributed by atoms with E-state index in [2.05, 4.69) is 35.3 Å². The largest absolute Gasteiger partial charge is 0.497 e. The highest BCUT2D eigenvalue weighted by Crippen LogP contribution is 2.39. The number of nitrogens with zero attached hydrogens (tertiary/aromatic N) is 2. The van der Waals surface area contributed by atoms with Crippen molar-refractivity contribution in [1.82, 2.24) is 9.99 Å². The average molecular weight is 524 g/mol.